The van der Waals surface area contributed by atoms with Gasteiger partial charge in [0.25, 0.3) is 5.91 Å². The minimum absolute atomic E-state index is 0.0549. The Labute approximate surface area is 215 Å². The second kappa shape index (κ2) is 10.1. The van der Waals surface area contributed by atoms with Crippen LogP contribution in [-0.2, 0) is 11.2 Å². The third kappa shape index (κ3) is 4.96. The van der Waals surface area contributed by atoms with Crippen LogP contribution in [0.2, 0.25) is 0 Å². The summed E-state index contributed by atoms with van der Waals surface area (Å²) in [5.74, 6) is 2.41. The Hall–Kier alpha value is -4.07. The minimum atomic E-state index is 0.0549. The largest absolute Gasteiger partial charge is 0.489 e. The molecule has 2 saturated heterocycles. The fourth-order valence-corrected chi connectivity index (χ4v) is 5.25. The fraction of sp³-hybridized carbons (Fsp3) is 0.345. The topological polar surface area (TPSA) is 80.8 Å². The number of hydrogen-bond donors (Lipinski definition) is 0. The van der Waals surface area contributed by atoms with Crippen molar-refractivity contribution < 1.29 is 18.7 Å². The molecule has 5 heterocycles. The van der Waals surface area contributed by atoms with Crippen molar-refractivity contribution in [3.63, 3.8) is 0 Å². The number of benzene rings is 1. The number of aromatic nitrogens is 2. The van der Waals surface area contributed by atoms with Crippen molar-refractivity contribution in [1.29, 1.82) is 0 Å². The highest BCUT2D eigenvalue weighted by atomic mass is 16.5. The van der Waals surface area contributed by atoms with Gasteiger partial charge in [0.05, 0.1) is 24.4 Å². The predicted octanol–water partition coefficient (Wildman–Crippen LogP) is 4.47. The quantitative estimate of drug-likeness (QED) is 0.392. The molecule has 6 rings (SSSR count). The lowest BCUT2D eigenvalue weighted by atomic mass is 10.1. The van der Waals surface area contributed by atoms with Crippen LogP contribution in [0, 0.1) is 0 Å². The maximum atomic E-state index is 12.8. The number of fused-ring (bicyclic) bond motifs is 1. The number of pyridine rings is 1. The van der Waals surface area contributed by atoms with E-state index in [1.54, 1.807) is 18.5 Å². The van der Waals surface area contributed by atoms with Gasteiger partial charge in [-0.15, -0.1) is 0 Å². The number of hydrogen-bond acceptors (Lipinski definition) is 5. The molecule has 0 atom stereocenters. The Kier molecular flexibility index (Phi) is 6.39. The predicted molar refractivity (Wildman–Crippen MR) is 139 cm³/mol. The van der Waals surface area contributed by atoms with Crippen molar-refractivity contribution in [1.82, 2.24) is 19.4 Å². The molecule has 0 bridgehead atoms. The Morgan fingerprint density at radius 3 is 2.54 bits per heavy atom. The van der Waals surface area contributed by atoms with Gasteiger partial charge >= 0.3 is 0 Å². The summed E-state index contributed by atoms with van der Waals surface area (Å²) in [7, 11) is 0. The number of ether oxygens (including phenoxy) is 1. The molecule has 8 nitrogen and oxygen atoms in total. The first kappa shape index (κ1) is 23.3. The van der Waals surface area contributed by atoms with E-state index in [2.05, 4.69) is 4.98 Å². The monoisotopic (exact) mass is 498 g/mol. The van der Waals surface area contributed by atoms with E-state index in [0.29, 0.717) is 25.3 Å². The molecule has 0 radical (unpaired) electrons. The highest BCUT2D eigenvalue weighted by Gasteiger charge is 2.25. The molecule has 190 valence electrons. The number of amides is 2. The Morgan fingerprint density at radius 2 is 1.81 bits per heavy atom. The second-order valence-corrected chi connectivity index (χ2v) is 9.76. The number of piperidine rings is 1. The summed E-state index contributed by atoms with van der Waals surface area (Å²) in [6.45, 7) is 3.04. The van der Waals surface area contributed by atoms with Crippen molar-refractivity contribution in [2.45, 2.75) is 38.2 Å². The summed E-state index contributed by atoms with van der Waals surface area (Å²) in [4.78, 5) is 33.7. The molecule has 2 aliphatic heterocycles. The van der Waals surface area contributed by atoms with Gasteiger partial charge in [0.15, 0.2) is 0 Å². The molecule has 1 aromatic carbocycles. The van der Waals surface area contributed by atoms with Crippen molar-refractivity contribution in [3.05, 3.63) is 78.5 Å². The van der Waals surface area contributed by atoms with Crippen molar-refractivity contribution >= 4 is 22.7 Å². The summed E-state index contributed by atoms with van der Waals surface area (Å²) in [5.41, 5.74) is 1.74. The van der Waals surface area contributed by atoms with Crippen LogP contribution in [0.25, 0.3) is 16.7 Å². The minimum Gasteiger partial charge on any atom is -0.489 e. The third-order valence-electron chi connectivity index (χ3n) is 7.30. The van der Waals surface area contributed by atoms with Gasteiger partial charge in [0, 0.05) is 56.2 Å². The zero-order chi connectivity index (χ0) is 25.2. The summed E-state index contributed by atoms with van der Waals surface area (Å²) in [5, 5.41) is 1.01. The summed E-state index contributed by atoms with van der Waals surface area (Å²) in [6.07, 6.45) is 9.41. The number of carbonyl (C=O) groups is 2. The van der Waals surface area contributed by atoms with E-state index in [1.165, 1.54) is 0 Å². The van der Waals surface area contributed by atoms with E-state index in [1.807, 2.05) is 63.0 Å². The molecule has 2 aliphatic rings. The van der Waals surface area contributed by atoms with Crippen molar-refractivity contribution in [2.75, 3.05) is 26.2 Å². The zero-order valence-corrected chi connectivity index (χ0v) is 20.7. The number of nitrogens with zero attached hydrogens (tertiary/aromatic N) is 4. The SMILES string of the molecule is O=C(Cc1ccco1)N1CCC(Oc2ccc(-n3ccc4cc(C(=O)N5CCCC5)ccc43)nc2)CC1. The number of carbonyl (C=O) groups excluding carboxylic acids is 2. The normalized spacial score (nSPS) is 16.4. The molecule has 8 heteroatoms. The standard InChI is InChI=1S/C29H30N4O4/c34-28(19-24-4-3-17-36-24)31-14-10-23(11-15-31)37-25-6-8-27(30-20-25)33-16-9-21-18-22(5-7-26(21)33)29(35)32-12-1-2-13-32/h3-9,16-18,20,23H,1-2,10-15,19H2. The maximum absolute atomic E-state index is 12.8. The second-order valence-electron chi connectivity index (χ2n) is 9.76. The Bertz CT molecular complexity index is 1380. The highest BCUT2D eigenvalue weighted by Crippen LogP contribution is 2.25. The lowest BCUT2D eigenvalue weighted by Crippen LogP contribution is -2.42. The van der Waals surface area contributed by atoms with Crippen LogP contribution in [0.5, 0.6) is 5.75 Å². The Morgan fingerprint density at radius 1 is 0.973 bits per heavy atom. The molecular weight excluding hydrogens is 468 g/mol. The summed E-state index contributed by atoms with van der Waals surface area (Å²) < 4.78 is 13.5. The smallest absolute Gasteiger partial charge is 0.253 e. The van der Waals surface area contributed by atoms with E-state index < -0.39 is 0 Å². The zero-order valence-electron chi connectivity index (χ0n) is 20.7. The molecule has 0 aliphatic carbocycles. The average molecular weight is 499 g/mol. The molecule has 4 aromatic rings. The molecule has 2 amide bonds. The third-order valence-corrected chi connectivity index (χ3v) is 7.30. The Balaban J connectivity index is 1.07. The van der Waals surface area contributed by atoms with Gasteiger partial charge in [0.1, 0.15) is 23.4 Å². The molecule has 0 N–H and O–H groups in total. The summed E-state index contributed by atoms with van der Waals surface area (Å²) >= 11 is 0. The van der Waals surface area contributed by atoms with E-state index in [0.717, 1.165) is 66.8 Å². The van der Waals surface area contributed by atoms with Gasteiger partial charge in [-0.1, -0.05) is 0 Å². The van der Waals surface area contributed by atoms with Crippen LogP contribution in [-0.4, -0.2) is 63.4 Å². The summed E-state index contributed by atoms with van der Waals surface area (Å²) in [6, 6.07) is 15.4. The van der Waals surface area contributed by atoms with Crippen LogP contribution in [0.3, 0.4) is 0 Å². The van der Waals surface area contributed by atoms with Gasteiger partial charge in [-0.3, -0.25) is 9.59 Å². The lowest BCUT2D eigenvalue weighted by molar-refractivity contribution is -0.132. The lowest BCUT2D eigenvalue weighted by Gasteiger charge is -2.32. The first-order chi connectivity index (χ1) is 18.1. The molecule has 37 heavy (non-hydrogen) atoms. The van der Waals surface area contributed by atoms with Crippen LogP contribution in [0.1, 0.15) is 41.8 Å². The van der Waals surface area contributed by atoms with Crippen LogP contribution in [0.15, 0.2) is 71.6 Å². The molecule has 2 fully saturated rings. The van der Waals surface area contributed by atoms with Crippen LogP contribution >= 0.6 is 0 Å². The molecular formula is C29H30N4O4. The van der Waals surface area contributed by atoms with E-state index in [-0.39, 0.29) is 17.9 Å². The van der Waals surface area contributed by atoms with Crippen LogP contribution in [0.4, 0.5) is 0 Å². The maximum Gasteiger partial charge on any atom is 0.253 e. The number of likely N-dealkylation sites (tertiary alicyclic amines) is 2. The molecule has 0 saturated carbocycles. The van der Waals surface area contributed by atoms with Gasteiger partial charge in [-0.05, 0) is 61.4 Å². The van der Waals surface area contributed by atoms with Gasteiger partial charge in [0.2, 0.25) is 5.91 Å². The van der Waals surface area contributed by atoms with Gasteiger partial charge in [-0.25, -0.2) is 4.98 Å². The van der Waals surface area contributed by atoms with Crippen LogP contribution < -0.4 is 4.74 Å². The fourth-order valence-electron chi connectivity index (χ4n) is 5.25. The van der Waals surface area contributed by atoms with E-state index in [4.69, 9.17) is 9.15 Å². The molecule has 0 unspecified atom stereocenters. The highest BCUT2D eigenvalue weighted by molar-refractivity contribution is 5.98. The number of rotatable bonds is 6. The average Bonchev–Trinajstić information content (AvgIpc) is 3.71. The molecule has 3 aromatic heterocycles. The first-order valence-electron chi connectivity index (χ1n) is 13.0. The molecule has 0 spiro atoms. The van der Waals surface area contributed by atoms with Crippen molar-refractivity contribution in [2.24, 2.45) is 0 Å². The van der Waals surface area contributed by atoms with E-state index >= 15 is 0 Å². The first-order valence-corrected chi connectivity index (χ1v) is 13.0. The van der Waals surface area contributed by atoms with Gasteiger partial charge < -0.3 is 23.5 Å². The number of furan rings is 1. The van der Waals surface area contributed by atoms with Gasteiger partial charge in [-0.2, -0.15) is 0 Å². The van der Waals surface area contributed by atoms with E-state index in [9.17, 15) is 9.59 Å². The van der Waals surface area contributed by atoms with Crippen molar-refractivity contribution in [3.8, 4) is 11.6 Å².